The molecule has 0 radical (unpaired) electrons. The van der Waals surface area contributed by atoms with Crippen LogP contribution < -0.4 is 0 Å². The number of rotatable bonds is 3. The van der Waals surface area contributed by atoms with Gasteiger partial charge in [0.15, 0.2) is 0 Å². The number of hydrogen-bond acceptors (Lipinski definition) is 3. The molecule has 3 aromatic rings. The molecule has 20 heavy (non-hydrogen) atoms. The minimum Gasteiger partial charge on any atom is -0.341 e. The highest BCUT2D eigenvalue weighted by atomic mass is 19.1. The number of aromatic amines is 1. The highest BCUT2D eigenvalue weighted by Crippen LogP contribution is 2.20. The predicted octanol–water partition coefficient (Wildman–Crippen LogP) is 3.20. The van der Waals surface area contributed by atoms with E-state index in [0.717, 1.165) is 5.56 Å². The Hall–Kier alpha value is -2.76. The number of fused-ring (bicyclic) bond motifs is 1. The summed E-state index contributed by atoms with van der Waals surface area (Å²) >= 11 is 0. The van der Waals surface area contributed by atoms with E-state index in [0.29, 0.717) is 23.3 Å². The van der Waals surface area contributed by atoms with Crippen LogP contribution in [0, 0.1) is 15.9 Å². The zero-order chi connectivity index (χ0) is 14.1. The molecule has 0 unspecified atom stereocenters. The van der Waals surface area contributed by atoms with Gasteiger partial charge in [0.25, 0.3) is 5.69 Å². The molecule has 6 heteroatoms. The number of nitro benzene ring substituents is 1. The molecular weight excluding hydrogens is 261 g/mol. The molecule has 1 aromatic heterocycles. The number of nitrogens with zero attached hydrogens (tertiary/aromatic N) is 2. The highest BCUT2D eigenvalue weighted by Gasteiger charge is 2.09. The van der Waals surface area contributed by atoms with Crippen molar-refractivity contribution in [1.82, 2.24) is 9.97 Å². The third kappa shape index (κ3) is 2.35. The van der Waals surface area contributed by atoms with Gasteiger partial charge in [0.1, 0.15) is 11.6 Å². The van der Waals surface area contributed by atoms with Gasteiger partial charge in [0, 0.05) is 18.6 Å². The quantitative estimate of drug-likeness (QED) is 0.587. The zero-order valence-electron chi connectivity index (χ0n) is 10.3. The summed E-state index contributed by atoms with van der Waals surface area (Å²) in [5.74, 6) is 0.404. The Bertz CT molecular complexity index is 781. The Morgan fingerprint density at radius 1 is 1.20 bits per heavy atom. The van der Waals surface area contributed by atoms with Crippen LogP contribution in [-0.2, 0) is 6.42 Å². The average molecular weight is 271 g/mol. The summed E-state index contributed by atoms with van der Waals surface area (Å²) in [6.07, 6.45) is 0.517. The van der Waals surface area contributed by atoms with Crippen LogP contribution >= 0.6 is 0 Å². The molecule has 0 atom stereocenters. The zero-order valence-corrected chi connectivity index (χ0v) is 10.3. The molecule has 0 aliphatic carbocycles. The van der Waals surface area contributed by atoms with Gasteiger partial charge in [0.05, 0.1) is 16.0 Å². The normalized spacial score (nSPS) is 10.8. The van der Waals surface area contributed by atoms with Crippen molar-refractivity contribution in [3.05, 3.63) is 69.8 Å². The number of imidazole rings is 1. The number of hydrogen-bond donors (Lipinski definition) is 1. The SMILES string of the molecule is O=[N+]([O-])c1ccc2nc(Cc3ccc(F)cc3)[nH]c2c1. The third-order valence-electron chi connectivity index (χ3n) is 3.01. The Balaban J connectivity index is 1.92. The minimum absolute atomic E-state index is 0.0227. The molecule has 0 saturated heterocycles. The van der Waals surface area contributed by atoms with E-state index in [-0.39, 0.29) is 11.5 Å². The molecule has 5 nitrogen and oxygen atoms in total. The Labute approximate surface area is 113 Å². The number of benzene rings is 2. The summed E-state index contributed by atoms with van der Waals surface area (Å²) in [6.45, 7) is 0. The van der Waals surface area contributed by atoms with E-state index >= 15 is 0 Å². The summed E-state index contributed by atoms with van der Waals surface area (Å²) in [5, 5.41) is 10.7. The number of non-ortho nitro benzene ring substituents is 1. The van der Waals surface area contributed by atoms with Crippen molar-refractivity contribution >= 4 is 16.7 Å². The largest absolute Gasteiger partial charge is 0.341 e. The number of nitro groups is 1. The smallest absolute Gasteiger partial charge is 0.271 e. The van der Waals surface area contributed by atoms with Crippen LogP contribution in [0.25, 0.3) is 11.0 Å². The summed E-state index contributed by atoms with van der Waals surface area (Å²) in [7, 11) is 0. The lowest BCUT2D eigenvalue weighted by Crippen LogP contribution is -1.90. The van der Waals surface area contributed by atoms with E-state index in [2.05, 4.69) is 9.97 Å². The average Bonchev–Trinajstić information content (AvgIpc) is 2.82. The molecule has 0 bridgehead atoms. The molecule has 1 heterocycles. The first-order valence-electron chi connectivity index (χ1n) is 5.99. The van der Waals surface area contributed by atoms with Gasteiger partial charge in [-0.1, -0.05) is 12.1 Å². The van der Waals surface area contributed by atoms with E-state index < -0.39 is 4.92 Å². The van der Waals surface area contributed by atoms with Crippen LogP contribution in [0.5, 0.6) is 0 Å². The van der Waals surface area contributed by atoms with E-state index in [9.17, 15) is 14.5 Å². The molecule has 0 aliphatic rings. The van der Waals surface area contributed by atoms with Crippen LogP contribution in [-0.4, -0.2) is 14.9 Å². The third-order valence-corrected chi connectivity index (χ3v) is 3.01. The Morgan fingerprint density at radius 2 is 1.95 bits per heavy atom. The Morgan fingerprint density at radius 3 is 2.65 bits per heavy atom. The second kappa shape index (κ2) is 4.73. The second-order valence-electron chi connectivity index (χ2n) is 4.45. The standard InChI is InChI=1S/C14H10FN3O2/c15-10-3-1-9(2-4-10)7-14-16-12-6-5-11(18(19)20)8-13(12)17-14/h1-6,8H,7H2,(H,16,17). The van der Waals surface area contributed by atoms with E-state index in [4.69, 9.17) is 0 Å². The number of H-pyrrole nitrogens is 1. The fourth-order valence-electron chi connectivity index (χ4n) is 2.04. The monoisotopic (exact) mass is 271 g/mol. The molecule has 2 aromatic carbocycles. The molecule has 0 spiro atoms. The lowest BCUT2D eigenvalue weighted by Gasteiger charge is -1.97. The van der Waals surface area contributed by atoms with Crippen LogP contribution in [0.2, 0.25) is 0 Å². The highest BCUT2D eigenvalue weighted by molar-refractivity contribution is 5.77. The maximum atomic E-state index is 12.8. The van der Waals surface area contributed by atoms with Gasteiger partial charge >= 0.3 is 0 Å². The number of halogens is 1. The van der Waals surface area contributed by atoms with Gasteiger partial charge in [-0.05, 0) is 23.8 Å². The molecule has 0 fully saturated rings. The van der Waals surface area contributed by atoms with Crippen molar-refractivity contribution in [2.45, 2.75) is 6.42 Å². The molecule has 100 valence electrons. The van der Waals surface area contributed by atoms with E-state index in [1.165, 1.54) is 24.3 Å². The number of aromatic nitrogens is 2. The number of nitrogens with one attached hydrogen (secondary N) is 1. The molecule has 0 amide bonds. The summed E-state index contributed by atoms with van der Waals surface area (Å²) in [4.78, 5) is 17.7. The Kier molecular flexibility index (Phi) is 2.90. The van der Waals surface area contributed by atoms with Gasteiger partial charge in [-0.25, -0.2) is 9.37 Å². The lowest BCUT2D eigenvalue weighted by atomic mass is 10.1. The van der Waals surface area contributed by atoms with E-state index in [1.54, 1.807) is 18.2 Å². The van der Waals surface area contributed by atoms with Gasteiger partial charge < -0.3 is 4.98 Å². The van der Waals surface area contributed by atoms with Gasteiger partial charge in [-0.2, -0.15) is 0 Å². The molecular formula is C14H10FN3O2. The van der Waals surface area contributed by atoms with Gasteiger partial charge in [-0.15, -0.1) is 0 Å². The van der Waals surface area contributed by atoms with Crippen molar-refractivity contribution in [2.75, 3.05) is 0 Å². The maximum Gasteiger partial charge on any atom is 0.271 e. The fraction of sp³-hybridized carbons (Fsp3) is 0.0714. The molecule has 0 saturated carbocycles. The lowest BCUT2D eigenvalue weighted by molar-refractivity contribution is -0.384. The maximum absolute atomic E-state index is 12.8. The summed E-state index contributed by atoms with van der Waals surface area (Å²) in [5.41, 5.74) is 2.23. The summed E-state index contributed by atoms with van der Waals surface area (Å²) < 4.78 is 12.8. The van der Waals surface area contributed by atoms with E-state index in [1.807, 2.05) is 0 Å². The molecule has 0 aliphatic heterocycles. The second-order valence-corrected chi connectivity index (χ2v) is 4.45. The van der Waals surface area contributed by atoms with Crippen LogP contribution in [0.1, 0.15) is 11.4 Å². The molecule has 1 N–H and O–H groups in total. The van der Waals surface area contributed by atoms with Gasteiger partial charge in [0.2, 0.25) is 0 Å². The van der Waals surface area contributed by atoms with Crippen molar-refractivity contribution in [2.24, 2.45) is 0 Å². The van der Waals surface area contributed by atoms with Crippen molar-refractivity contribution < 1.29 is 9.31 Å². The predicted molar refractivity (Wildman–Crippen MR) is 72.0 cm³/mol. The first-order valence-corrected chi connectivity index (χ1v) is 5.99. The topological polar surface area (TPSA) is 71.8 Å². The fourth-order valence-corrected chi connectivity index (χ4v) is 2.04. The van der Waals surface area contributed by atoms with Gasteiger partial charge in [-0.3, -0.25) is 10.1 Å². The van der Waals surface area contributed by atoms with Crippen LogP contribution in [0.15, 0.2) is 42.5 Å². The van der Waals surface area contributed by atoms with Crippen molar-refractivity contribution in [1.29, 1.82) is 0 Å². The first kappa shape index (κ1) is 12.3. The van der Waals surface area contributed by atoms with Crippen molar-refractivity contribution in [3.8, 4) is 0 Å². The molecule has 3 rings (SSSR count). The van der Waals surface area contributed by atoms with Crippen molar-refractivity contribution in [3.63, 3.8) is 0 Å². The van der Waals surface area contributed by atoms with Crippen LogP contribution in [0.3, 0.4) is 0 Å². The van der Waals surface area contributed by atoms with Crippen LogP contribution in [0.4, 0.5) is 10.1 Å². The summed E-state index contributed by atoms with van der Waals surface area (Å²) in [6, 6.07) is 10.6. The first-order chi connectivity index (χ1) is 9.61. The minimum atomic E-state index is -0.445.